The molecular formula is C16H24N2O2S. The molecule has 1 aromatic carbocycles. The van der Waals surface area contributed by atoms with Gasteiger partial charge in [0.05, 0.1) is 5.75 Å². The Labute approximate surface area is 127 Å². The van der Waals surface area contributed by atoms with Gasteiger partial charge in [-0.3, -0.25) is 4.90 Å². The molecule has 21 heavy (non-hydrogen) atoms. The summed E-state index contributed by atoms with van der Waals surface area (Å²) in [6, 6.07) is 9.23. The number of fused-ring (bicyclic) bond motifs is 1. The molecule has 1 aromatic rings. The van der Waals surface area contributed by atoms with Crippen LogP contribution < -0.4 is 5.14 Å². The monoisotopic (exact) mass is 308 g/mol. The number of hydrogen-bond acceptors (Lipinski definition) is 3. The predicted octanol–water partition coefficient (Wildman–Crippen LogP) is 1.86. The fourth-order valence-electron chi connectivity index (χ4n) is 4.02. The van der Waals surface area contributed by atoms with Crippen LogP contribution >= 0.6 is 0 Å². The Balaban J connectivity index is 1.77. The minimum Gasteiger partial charge on any atom is -0.299 e. The molecule has 1 aliphatic heterocycles. The summed E-state index contributed by atoms with van der Waals surface area (Å²) in [7, 11) is -3.37. The van der Waals surface area contributed by atoms with Gasteiger partial charge in [-0.05, 0) is 55.7 Å². The average Bonchev–Trinajstić information content (AvgIpc) is 2.92. The first-order chi connectivity index (χ1) is 10.0. The molecular weight excluding hydrogens is 284 g/mol. The highest BCUT2D eigenvalue weighted by Gasteiger charge is 2.34. The molecule has 116 valence electrons. The van der Waals surface area contributed by atoms with Crippen LogP contribution in [0.15, 0.2) is 24.3 Å². The van der Waals surface area contributed by atoms with E-state index in [1.54, 1.807) is 0 Å². The quantitative estimate of drug-likeness (QED) is 0.923. The lowest BCUT2D eigenvalue weighted by Gasteiger charge is -2.35. The number of sulfonamides is 1. The molecule has 1 fully saturated rings. The maximum Gasteiger partial charge on any atom is 0.210 e. The molecule has 2 atom stereocenters. The van der Waals surface area contributed by atoms with Crippen molar-refractivity contribution in [2.24, 2.45) is 5.14 Å². The molecule has 2 aliphatic rings. The summed E-state index contributed by atoms with van der Waals surface area (Å²) in [5, 5.41) is 5.16. The Hall–Kier alpha value is -0.910. The van der Waals surface area contributed by atoms with Crippen LogP contribution in [0, 0.1) is 0 Å². The van der Waals surface area contributed by atoms with Crippen molar-refractivity contribution in [3.63, 3.8) is 0 Å². The molecule has 5 heteroatoms. The summed E-state index contributed by atoms with van der Waals surface area (Å²) in [4.78, 5) is 2.34. The molecule has 4 nitrogen and oxygen atoms in total. The summed E-state index contributed by atoms with van der Waals surface area (Å²) in [5.41, 5.74) is 2.96. The fraction of sp³-hybridized carbons (Fsp3) is 0.625. The van der Waals surface area contributed by atoms with Gasteiger partial charge < -0.3 is 0 Å². The van der Waals surface area contributed by atoms with Gasteiger partial charge in [0.25, 0.3) is 0 Å². The Morgan fingerprint density at radius 3 is 2.81 bits per heavy atom. The molecule has 0 saturated carbocycles. The van der Waals surface area contributed by atoms with E-state index in [4.69, 9.17) is 5.14 Å². The lowest BCUT2D eigenvalue weighted by molar-refractivity contribution is 0.223. The second-order valence-corrected chi connectivity index (χ2v) is 8.04. The van der Waals surface area contributed by atoms with Gasteiger partial charge in [-0.15, -0.1) is 0 Å². The molecule has 1 saturated heterocycles. The van der Waals surface area contributed by atoms with Gasteiger partial charge in [0.1, 0.15) is 0 Å². The van der Waals surface area contributed by atoms with Crippen molar-refractivity contribution < 1.29 is 8.42 Å². The Morgan fingerprint density at radius 2 is 2.00 bits per heavy atom. The normalized spacial score (nSPS) is 26.7. The summed E-state index contributed by atoms with van der Waals surface area (Å²) in [5.74, 6) is 0.621. The van der Waals surface area contributed by atoms with E-state index in [-0.39, 0.29) is 5.75 Å². The van der Waals surface area contributed by atoms with Crippen molar-refractivity contribution in [1.29, 1.82) is 0 Å². The highest BCUT2D eigenvalue weighted by molar-refractivity contribution is 7.89. The van der Waals surface area contributed by atoms with Crippen LogP contribution in [-0.2, 0) is 16.4 Å². The molecule has 0 radical (unpaired) electrons. The van der Waals surface area contributed by atoms with Crippen molar-refractivity contribution >= 4 is 10.0 Å². The third-order valence-electron chi connectivity index (χ3n) is 4.96. The lowest BCUT2D eigenvalue weighted by atomic mass is 9.78. The Bertz CT molecular complexity index is 600. The average molecular weight is 308 g/mol. The third kappa shape index (κ3) is 3.47. The fourth-order valence-corrected chi connectivity index (χ4v) is 4.51. The molecule has 0 amide bonds. The number of primary sulfonamides is 1. The van der Waals surface area contributed by atoms with Gasteiger partial charge >= 0.3 is 0 Å². The largest absolute Gasteiger partial charge is 0.299 e. The van der Waals surface area contributed by atoms with Gasteiger partial charge in [0, 0.05) is 12.6 Å². The van der Waals surface area contributed by atoms with Crippen LogP contribution in [0.2, 0.25) is 0 Å². The zero-order valence-corrected chi connectivity index (χ0v) is 13.2. The van der Waals surface area contributed by atoms with Crippen molar-refractivity contribution in [2.45, 2.75) is 44.1 Å². The van der Waals surface area contributed by atoms with Gasteiger partial charge in [-0.25, -0.2) is 13.6 Å². The van der Waals surface area contributed by atoms with Crippen molar-refractivity contribution in [3.8, 4) is 0 Å². The van der Waals surface area contributed by atoms with Gasteiger partial charge in [-0.2, -0.15) is 0 Å². The first-order valence-electron chi connectivity index (χ1n) is 7.87. The molecule has 1 heterocycles. The van der Waals surface area contributed by atoms with E-state index in [1.165, 1.54) is 36.8 Å². The highest BCUT2D eigenvalue weighted by Crippen LogP contribution is 2.39. The van der Waals surface area contributed by atoms with Crippen LogP contribution in [0.5, 0.6) is 0 Å². The zero-order valence-electron chi connectivity index (χ0n) is 12.4. The minimum atomic E-state index is -3.37. The lowest BCUT2D eigenvalue weighted by Crippen LogP contribution is -2.39. The van der Waals surface area contributed by atoms with Crippen LogP contribution in [0.3, 0.4) is 0 Å². The second-order valence-electron chi connectivity index (χ2n) is 6.31. The topological polar surface area (TPSA) is 63.4 Å². The molecule has 1 aliphatic carbocycles. The number of benzene rings is 1. The molecule has 3 rings (SSSR count). The number of nitrogens with zero attached hydrogens (tertiary/aromatic N) is 1. The third-order valence-corrected chi connectivity index (χ3v) is 5.71. The van der Waals surface area contributed by atoms with E-state index in [1.807, 2.05) is 0 Å². The smallest absolute Gasteiger partial charge is 0.210 e. The number of likely N-dealkylation sites (tertiary alicyclic amines) is 1. The Kier molecular flexibility index (Phi) is 4.33. The molecule has 0 aromatic heterocycles. The molecule has 0 spiro atoms. The first-order valence-corrected chi connectivity index (χ1v) is 9.58. The molecule has 0 unspecified atom stereocenters. The molecule has 2 N–H and O–H groups in total. The Morgan fingerprint density at radius 1 is 1.19 bits per heavy atom. The maximum absolute atomic E-state index is 11.2. The standard InChI is InChI=1S/C16H24N2O2S/c17-21(19,20)12-11-18-10-4-9-16(18)15-8-3-6-13-5-1-2-7-14(13)15/h1-2,5,7,15-16H,3-4,6,8-12H2,(H2,17,19,20)/t15-,16-/m1/s1. The number of aryl methyl sites for hydroxylation is 1. The summed E-state index contributed by atoms with van der Waals surface area (Å²) in [6.45, 7) is 1.57. The first kappa shape index (κ1) is 15.0. The summed E-state index contributed by atoms with van der Waals surface area (Å²) < 4.78 is 22.4. The van der Waals surface area contributed by atoms with Crippen LogP contribution in [-0.4, -0.2) is 38.2 Å². The van der Waals surface area contributed by atoms with Crippen LogP contribution in [0.25, 0.3) is 0 Å². The van der Waals surface area contributed by atoms with E-state index in [2.05, 4.69) is 29.2 Å². The van der Waals surface area contributed by atoms with Crippen LogP contribution in [0.1, 0.15) is 42.7 Å². The predicted molar refractivity (Wildman–Crippen MR) is 84.7 cm³/mol. The summed E-state index contributed by atoms with van der Waals surface area (Å²) >= 11 is 0. The zero-order chi connectivity index (χ0) is 14.9. The SMILES string of the molecule is NS(=O)(=O)CCN1CCC[C@@H]1[C@@H]1CCCc2ccccc21. The van der Waals surface area contributed by atoms with E-state index >= 15 is 0 Å². The maximum atomic E-state index is 11.2. The number of hydrogen-bond donors (Lipinski definition) is 1. The van der Waals surface area contributed by atoms with Crippen molar-refractivity contribution in [2.75, 3.05) is 18.8 Å². The van der Waals surface area contributed by atoms with Gasteiger partial charge in [0.15, 0.2) is 0 Å². The minimum absolute atomic E-state index is 0.0673. The number of nitrogens with two attached hydrogens (primary N) is 1. The second kappa shape index (κ2) is 6.07. The van der Waals surface area contributed by atoms with E-state index in [0.717, 1.165) is 13.0 Å². The van der Waals surface area contributed by atoms with Crippen molar-refractivity contribution in [1.82, 2.24) is 4.90 Å². The van der Waals surface area contributed by atoms with Crippen LogP contribution in [0.4, 0.5) is 0 Å². The summed E-state index contributed by atoms with van der Waals surface area (Å²) in [6.07, 6.45) is 5.96. The van der Waals surface area contributed by atoms with E-state index in [0.29, 0.717) is 18.5 Å². The highest BCUT2D eigenvalue weighted by atomic mass is 32.2. The van der Waals surface area contributed by atoms with Gasteiger partial charge in [0.2, 0.25) is 10.0 Å². The number of rotatable bonds is 4. The van der Waals surface area contributed by atoms with E-state index < -0.39 is 10.0 Å². The molecule has 0 bridgehead atoms. The van der Waals surface area contributed by atoms with E-state index in [9.17, 15) is 8.42 Å². The van der Waals surface area contributed by atoms with Crippen molar-refractivity contribution in [3.05, 3.63) is 35.4 Å². The van der Waals surface area contributed by atoms with Gasteiger partial charge in [-0.1, -0.05) is 24.3 Å².